The smallest absolute Gasteiger partial charge is 0.353 e. The maximum absolute atomic E-state index is 11.9. The second kappa shape index (κ2) is 7.59. The molecule has 0 spiro atoms. The van der Waals surface area contributed by atoms with Gasteiger partial charge < -0.3 is 16.0 Å². The number of anilines is 3. The minimum atomic E-state index is -0.425. The van der Waals surface area contributed by atoms with Gasteiger partial charge in [0.05, 0.1) is 4.92 Å². The summed E-state index contributed by atoms with van der Waals surface area (Å²) in [6, 6.07) is 5.94. The average Bonchev–Trinajstić information content (AvgIpc) is 2.54. The zero-order valence-electron chi connectivity index (χ0n) is 18.0. The Bertz CT molecular complexity index is 909. The average molecular weight is 399 g/mol. The lowest BCUT2D eigenvalue weighted by Crippen LogP contribution is -2.60. The highest BCUT2D eigenvalue weighted by molar-refractivity contribution is 5.75. The number of aryl methyl sites for hydroxylation is 2. The van der Waals surface area contributed by atoms with Gasteiger partial charge in [-0.2, -0.15) is 0 Å². The summed E-state index contributed by atoms with van der Waals surface area (Å²) < 4.78 is 0. The summed E-state index contributed by atoms with van der Waals surface area (Å²) in [5, 5.41) is 22.0. The molecule has 2 aromatic rings. The van der Waals surface area contributed by atoms with Gasteiger partial charge in [-0.3, -0.25) is 10.1 Å². The Hall–Kier alpha value is -2.74. The van der Waals surface area contributed by atoms with Crippen molar-refractivity contribution in [2.24, 2.45) is 0 Å². The summed E-state index contributed by atoms with van der Waals surface area (Å²) in [6.45, 7) is 12.5. The summed E-state index contributed by atoms with van der Waals surface area (Å²) in [7, 11) is 0. The maximum atomic E-state index is 11.9. The van der Waals surface area contributed by atoms with Crippen LogP contribution >= 0.6 is 0 Å². The van der Waals surface area contributed by atoms with Crippen LogP contribution in [0.25, 0.3) is 0 Å². The van der Waals surface area contributed by atoms with Crippen LogP contribution in [0.4, 0.5) is 23.0 Å². The Morgan fingerprint density at radius 1 is 1.10 bits per heavy atom. The molecule has 2 heterocycles. The molecule has 0 radical (unpaired) electrons. The first-order valence-electron chi connectivity index (χ1n) is 9.85. The Balaban J connectivity index is 1.92. The molecule has 8 nitrogen and oxygen atoms in total. The van der Waals surface area contributed by atoms with Crippen molar-refractivity contribution in [2.75, 3.05) is 10.6 Å². The van der Waals surface area contributed by atoms with Gasteiger partial charge in [-0.1, -0.05) is 17.7 Å². The van der Waals surface area contributed by atoms with Crippen LogP contribution in [0.2, 0.25) is 0 Å². The number of hydrogen-bond acceptors (Lipinski definition) is 7. The monoisotopic (exact) mass is 398 g/mol. The van der Waals surface area contributed by atoms with Crippen LogP contribution in [0.1, 0.15) is 51.7 Å². The van der Waals surface area contributed by atoms with Gasteiger partial charge in [0.1, 0.15) is 6.33 Å². The van der Waals surface area contributed by atoms with Gasteiger partial charge in [0.2, 0.25) is 11.6 Å². The summed E-state index contributed by atoms with van der Waals surface area (Å²) in [4.78, 5) is 19.8. The van der Waals surface area contributed by atoms with E-state index in [9.17, 15) is 10.1 Å². The molecule has 1 aliphatic rings. The Morgan fingerprint density at radius 2 is 1.72 bits per heavy atom. The van der Waals surface area contributed by atoms with E-state index in [4.69, 9.17) is 0 Å². The van der Waals surface area contributed by atoms with E-state index in [1.807, 2.05) is 32.0 Å². The number of hydrogen-bond donors (Lipinski definition) is 3. The van der Waals surface area contributed by atoms with Gasteiger partial charge in [-0.25, -0.2) is 9.97 Å². The summed E-state index contributed by atoms with van der Waals surface area (Å²) in [6.07, 6.45) is 3.02. The number of benzene rings is 1. The molecule has 1 aromatic carbocycles. The minimum Gasteiger partial charge on any atom is -0.361 e. The fourth-order valence-electron chi connectivity index (χ4n) is 4.45. The minimum absolute atomic E-state index is 0.0591. The zero-order chi connectivity index (χ0) is 21.4. The highest BCUT2D eigenvalue weighted by atomic mass is 16.6. The highest BCUT2D eigenvalue weighted by Gasteiger charge is 2.38. The van der Waals surface area contributed by atoms with Crippen LogP contribution in [0.15, 0.2) is 24.5 Å². The van der Waals surface area contributed by atoms with Crippen molar-refractivity contribution in [1.29, 1.82) is 0 Å². The predicted octanol–water partition coefficient (Wildman–Crippen LogP) is 4.47. The van der Waals surface area contributed by atoms with Crippen molar-refractivity contribution >= 4 is 23.0 Å². The summed E-state index contributed by atoms with van der Waals surface area (Å²) >= 11 is 0. The van der Waals surface area contributed by atoms with E-state index in [1.165, 1.54) is 6.33 Å². The van der Waals surface area contributed by atoms with Gasteiger partial charge in [0.25, 0.3) is 0 Å². The third kappa shape index (κ3) is 5.00. The first-order chi connectivity index (χ1) is 13.5. The summed E-state index contributed by atoms with van der Waals surface area (Å²) in [5.74, 6) is 0.433. The third-order valence-corrected chi connectivity index (χ3v) is 5.17. The van der Waals surface area contributed by atoms with E-state index in [1.54, 1.807) is 0 Å². The van der Waals surface area contributed by atoms with Crippen LogP contribution in [0.3, 0.4) is 0 Å². The summed E-state index contributed by atoms with van der Waals surface area (Å²) in [5.41, 5.74) is 2.61. The number of aromatic nitrogens is 2. The SMILES string of the molecule is Cc1ccc(Nc2ncnc(NC3CC(C)(C)NC(C)(C)C3)c2[N+](=O)[O-])c(C)c1. The van der Waals surface area contributed by atoms with Crippen molar-refractivity contribution in [3.05, 3.63) is 45.8 Å². The van der Waals surface area contributed by atoms with Crippen molar-refractivity contribution in [2.45, 2.75) is 71.5 Å². The molecule has 1 saturated heterocycles. The van der Waals surface area contributed by atoms with Crippen LogP contribution < -0.4 is 16.0 Å². The topological polar surface area (TPSA) is 105 Å². The van der Waals surface area contributed by atoms with Crippen LogP contribution in [-0.4, -0.2) is 32.0 Å². The van der Waals surface area contributed by atoms with Gasteiger partial charge in [0.15, 0.2) is 0 Å². The molecule has 3 rings (SSSR count). The second-order valence-electron chi connectivity index (χ2n) is 9.26. The van der Waals surface area contributed by atoms with E-state index in [-0.39, 0.29) is 34.4 Å². The lowest BCUT2D eigenvalue weighted by Gasteiger charge is -2.46. The first kappa shape index (κ1) is 21.0. The normalized spacial score (nSPS) is 18.3. The van der Waals surface area contributed by atoms with Crippen LogP contribution in [0.5, 0.6) is 0 Å². The lowest BCUT2D eigenvalue weighted by molar-refractivity contribution is -0.383. The molecule has 1 aliphatic heterocycles. The lowest BCUT2D eigenvalue weighted by atomic mass is 9.79. The molecule has 29 heavy (non-hydrogen) atoms. The number of nitro groups is 1. The zero-order valence-corrected chi connectivity index (χ0v) is 18.0. The molecule has 156 valence electrons. The molecule has 0 bridgehead atoms. The Morgan fingerprint density at radius 3 is 2.31 bits per heavy atom. The molecular formula is C21H30N6O2. The van der Waals surface area contributed by atoms with Gasteiger partial charge >= 0.3 is 5.69 Å². The van der Waals surface area contributed by atoms with Gasteiger partial charge in [-0.05, 0) is 66.0 Å². The third-order valence-electron chi connectivity index (χ3n) is 5.17. The van der Waals surface area contributed by atoms with Crippen LogP contribution in [0, 0.1) is 24.0 Å². The first-order valence-corrected chi connectivity index (χ1v) is 9.85. The van der Waals surface area contributed by atoms with E-state index in [0.29, 0.717) is 0 Å². The molecule has 0 unspecified atom stereocenters. The number of nitrogens with one attached hydrogen (secondary N) is 3. The number of piperidine rings is 1. The van der Waals surface area contributed by atoms with E-state index in [0.717, 1.165) is 29.7 Å². The quantitative estimate of drug-likeness (QED) is 0.504. The van der Waals surface area contributed by atoms with E-state index >= 15 is 0 Å². The molecule has 3 N–H and O–H groups in total. The molecule has 0 atom stereocenters. The van der Waals surface area contributed by atoms with Crippen molar-refractivity contribution in [3.63, 3.8) is 0 Å². The largest absolute Gasteiger partial charge is 0.361 e. The molecule has 1 fully saturated rings. The fraction of sp³-hybridized carbons (Fsp3) is 0.524. The molecule has 0 amide bonds. The standard InChI is InChI=1S/C21H30N6O2/c1-13-7-8-16(14(2)9-13)25-19-17(27(28)29)18(22-12-23-19)24-15-10-20(3,4)26-21(5,6)11-15/h7-9,12,15,26H,10-11H2,1-6H3,(H2,22,23,24,25). The van der Waals surface area contributed by atoms with Gasteiger partial charge in [0, 0.05) is 22.8 Å². The number of rotatable bonds is 5. The van der Waals surface area contributed by atoms with Crippen molar-refractivity contribution in [1.82, 2.24) is 15.3 Å². The molecule has 1 aromatic heterocycles. The van der Waals surface area contributed by atoms with Gasteiger partial charge in [-0.15, -0.1) is 0 Å². The van der Waals surface area contributed by atoms with E-state index < -0.39 is 4.92 Å². The van der Waals surface area contributed by atoms with Crippen LogP contribution in [-0.2, 0) is 0 Å². The predicted molar refractivity (Wildman–Crippen MR) is 116 cm³/mol. The van der Waals surface area contributed by atoms with Crippen molar-refractivity contribution < 1.29 is 4.92 Å². The Labute approximate surface area is 171 Å². The van der Waals surface area contributed by atoms with E-state index in [2.05, 4.69) is 53.6 Å². The Kier molecular flexibility index (Phi) is 5.49. The molecule has 0 aliphatic carbocycles. The molecular weight excluding hydrogens is 368 g/mol. The number of nitrogens with zero attached hydrogens (tertiary/aromatic N) is 3. The molecule has 8 heteroatoms. The second-order valence-corrected chi connectivity index (χ2v) is 9.26. The fourth-order valence-corrected chi connectivity index (χ4v) is 4.45. The maximum Gasteiger partial charge on any atom is 0.353 e. The van der Waals surface area contributed by atoms with Crippen molar-refractivity contribution in [3.8, 4) is 0 Å². The highest BCUT2D eigenvalue weighted by Crippen LogP contribution is 2.35. The molecule has 0 saturated carbocycles.